The van der Waals surface area contributed by atoms with E-state index in [1.165, 1.54) is 6.07 Å². The molecule has 0 saturated heterocycles. The second-order valence-electron chi connectivity index (χ2n) is 6.97. The van der Waals surface area contributed by atoms with Crippen LogP contribution in [0.15, 0.2) is 12.1 Å². The first-order valence-corrected chi connectivity index (χ1v) is 8.50. The molecule has 1 heterocycles. The lowest BCUT2D eigenvalue weighted by molar-refractivity contribution is -0.143. The summed E-state index contributed by atoms with van der Waals surface area (Å²) in [7, 11) is 0. The van der Waals surface area contributed by atoms with Crippen LogP contribution >= 0.6 is 0 Å². The molecular weight excluding hydrogens is 311 g/mol. The maximum absolute atomic E-state index is 13.9. The summed E-state index contributed by atoms with van der Waals surface area (Å²) in [5.74, 6) is -1.02. The number of hydrogen-bond acceptors (Lipinski definition) is 3. The number of aliphatic carboxylic acids is 1. The van der Waals surface area contributed by atoms with Gasteiger partial charge in [0.25, 0.3) is 0 Å². The molecule has 130 valence electrons. The molecule has 1 aliphatic heterocycles. The third kappa shape index (κ3) is 3.52. The van der Waals surface area contributed by atoms with Crippen molar-refractivity contribution < 1.29 is 19.1 Å². The van der Waals surface area contributed by atoms with Crippen LogP contribution < -0.4 is 10.6 Å². The summed E-state index contributed by atoms with van der Waals surface area (Å²) >= 11 is 0. The molecule has 3 rings (SSSR count). The van der Waals surface area contributed by atoms with E-state index in [0.29, 0.717) is 43.0 Å². The Morgan fingerprint density at radius 3 is 2.67 bits per heavy atom. The van der Waals surface area contributed by atoms with Crippen LogP contribution in [0.25, 0.3) is 0 Å². The fourth-order valence-electron chi connectivity index (χ4n) is 3.69. The van der Waals surface area contributed by atoms with Crippen molar-refractivity contribution in [3.63, 3.8) is 0 Å². The van der Waals surface area contributed by atoms with Crippen LogP contribution in [0.1, 0.15) is 36.8 Å². The number of benzene rings is 1. The summed E-state index contributed by atoms with van der Waals surface area (Å²) in [6.45, 7) is 2.38. The quantitative estimate of drug-likeness (QED) is 0.790. The van der Waals surface area contributed by atoms with E-state index in [4.69, 9.17) is 5.11 Å². The molecule has 6 heteroatoms. The van der Waals surface area contributed by atoms with Crippen LogP contribution in [-0.2, 0) is 16.0 Å². The number of anilines is 1. The zero-order chi connectivity index (χ0) is 17.3. The van der Waals surface area contributed by atoms with E-state index in [1.807, 2.05) is 13.0 Å². The van der Waals surface area contributed by atoms with Gasteiger partial charge in [-0.3, -0.25) is 9.59 Å². The maximum Gasteiger partial charge on any atom is 0.306 e. The molecule has 2 aliphatic rings. The number of aryl methyl sites for hydroxylation is 1. The first-order valence-electron chi connectivity index (χ1n) is 8.50. The molecular formula is C18H23FN2O3. The third-order valence-electron chi connectivity index (χ3n) is 5.16. The number of rotatable bonds is 4. The number of amides is 1. The zero-order valence-corrected chi connectivity index (χ0v) is 13.8. The Kier molecular flexibility index (Phi) is 4.73. The lowest BCUT2D eigenvalue weighted by atomic mass is 9.82. The van der Waals surface area contributed by atoms with Crippen molar-refractivity contribution in [2.75, 3.05) is 11.9 Å². The number of carboxylic acid groups (broad SMARTS) is 1. The zero-order valence-electron chi connectivity index (χ0n) is 13.8. The largest absolute Gasteiger partial charge is 0.481 e. The Morgan fingerprint density at radius 2 is 2.00 bits per heavy atom. The highest BCUT2D eigenvalue weighted by atomic mass is 19.1. The van der Waals surface area contributed by atoms with E-state index in [0.717, 1.165) is 18.4 Å². The predicted molar refractivity (Wildman–Crippen MR) is 88.3 cm³/mol. The van der Waals surface area contributed by atoms with Crippen molar-refractivity contribution in [3.05, 3.63) is 29.1 Å². The first-order chi connectivity index (χ1) is 11.4. The van der Waals surface area contributed by atoms with Gasteiger partial charge >= 0.3 is 5.97 Å². The first kappa shape index (κ1) is 16.7. The van der Waals surface area contributed by atoms with Crippen molar-refractivity contribution in [2.24, 2.45) is 11.8 Å². The molecule has 24 heavy (non-hydrogen) atoms. The molecule has 5 nitrogen and oxygen atoms in total. The summed E-state index contributed by atoms with van der Waals surface area (Å²) in [4.78, 5) is 23.3. The fraction of sp³-hybridized carbons (Fsp3) is 0.556. The highest BCUT2D eigenvalue weighted by molar-refractivity contribution is 5.87. The lowest BCUT2D eigenvalue weighted by Gasteiger charge is -2.26. The SMILES string of the molecule is Cc1cc(F)c2c(c1)NC(C(=O)NCC1CCC(C(=O)O)CC1)C2. The minimum absolute atomic E-state index is 0.122. The topological polar surface area (TPSA) is 78.4 Å². The summed E-state index contributed by atoms with van der Waals surface area (Å²) in [5, 5.41) is 15.0. The van der Waals surface area contributed by atoms with Crippen molar-refractivity contribution in [1.29, 1.82) is 0 Å². The lowest BCUT2D eigenvalue weighted by Crippen LogP contribution is -2.41. The van der Waals surface area contributed by atoms with E-state index >= 15 is 0 Å². The summed E-state index contributed by atoms with van der Waals surface area (Å²) in [5.41, 5.74) is 2.10. The Morgan fingerprint density at radius 1 is 1.29 bits per heavy atom. The van der Waals surface area contributed by atoms with Gasteiger partial charge in [-0.05, 0) is 56.2 Å². The molecule has 1 aliphatic carbocycles. The maximum atomic E-state index is 13.9. The normalized spacial score (nSPS) is 25.7. The van der Waals surface area contributed by atoms with Gasteiger partial charge in [-0.25, -0.2) is 4.39 Å². The van der Waals surface area contributed by atoms with Gasteiger partial charge < -0.3 is 15.7 Å². The van der Waals surface area contributed by atoms with Gasteiger partial charge in [0.15, 0.2) is 0 Å². The molecule has 0 spiro atoms. The standard InChI is InChI=1S/C18H23FN2O3/c1-10-6-14(19)13-8-16(21-15(13)7-10)17(22)20-9-11-2-4-12(5-3-11)18(23)24/h6-7,11-12,16,21H,2-5,8-9H2,1H3,(H,20,22)(H,23,24). The number of carboxylic acids is 1. The van der Waals surface area contributed by atoms with Gasteiger partial charge in [0.2, 0.25) is 5.91 Å². The van der Waals surface area contributed by atoms with Crippen LogP contribution in [0.3, 0.4) is 0 Å². The van der Waals surface area contributed by atoms with Gasteiger partial charge in [-0.1, -0.05) is 0 Å². The molecule has 1 unspecified atom stereocenters. The van der Waals surface area contributed by atoms with E-state index in [9.17, 15) is 14.0 Å². The Balaban J connectivity index is 1.49. The Bertz CT molecular complexity index is 654. The monoisotopic (exact) mass is 334 g/mol. The molecule has 1 fully saturated rings. The van der Waals surface area contributed by atoms with Crippen LogP contribution in [-0.4, -0.2) is 29.6 Å². The molecule has 0 radical (unpaired) electrons. The minimum atomic E-state index is -0.720. The third-order valence-corrected chi connectivity index (χ3v) is 5.16. The van der Waals surface area contributed by atoms with E-state index in [-0.39, 0.29) is 17.6 Å². The van der Waals surface area contributed by atoms with Crippen LogP contribution in [0.2, 0.25) is 0 Å². The van der Waals surface area contributed by atoms with Gasteiger partial charge in [0.05, 0.1) is 5.92 Å². The molecule has 0 bridgehead atoms. The highest BCUT2D eigenvalue weighted by Crippen LogP contribution is 2.30. The number of carbonyl (C=O) groups excluding carboxylic acids is 1. The summed E-state index contributed by atoms with van der Waals surface area (Å²) < 4.78 is 13.9. The van der Waals surface area contributed by atoms with Gasteiger partial charge in [-0.2, -0.15) is 0 Å². The number of carbonyl (C=O) groups is 2. The molecule has 1 aromatic rings. The smallest absolute Gasteiger partial charge is 0.306 e. The second kappa shape index (κ2) is 6.79. The fourth-order valence-corrected chi connectivity index (χ4v) is 3.69. The van der Waals surface area contributed by atoms with E-state index in [2.05, 4.69) is 10.6 Å². The minimum Gasteiger partial charge on any atom is -0.481 e. The van der Waals surface area contributed by atoms with Crippen molar-refractivity contribution in [3.8, 4) is 0 Å². The Hall–Kier alpha value is -2.11. The summed E-state index contributed by atoms with van der Waals surface area (Å²) in [6.07, 6.45) is 3.35. The summed E-state index contributed by atoms with van der Waals surface area (Å²) in [6, 6.07) is 2.91. The molecule has 3 N–H and O–H groups in total. The molecule has 1 aromatic carbocycles. The van der Waals surface area contributed by atoms with Gasteiger partial charge in [-0.15, -0.1) is 0 Å². The van der Waals surface area contributed by atoms with Crippen molar-refractivity contribution in [1.82, 2.24) is 5.32 Å². The molecule has 1 saturated carbocycles. The average Bonchev–Trinajstić information content (AvgIpc) is 2.97. The van der Waals surface area contributed by atoms with Gasteiger partial charge in [0.1, 0.15) is 11.9 Å². The van der Waals surface area contributed by atoms with Crippen molar-refractivity contribution in [2.45, 2.75) is 45.1 Å². The number of hydrogen-bond donors (Lipinski definition) is 3. The van der Waals surface area contributed by atoms with E-state index in [1.54, 1.807) is 0 Å². The average molecular weight is 334 g/mol. The Labute approximate surface area is 140 Å². The number of nitrogens with one attached hydrogen (secondary N) is 2. The van der Waals surface area contributed by atoms with Crippen LogP contribution in [0, 0.1) is 24.6 Å². The second-order valence-corrected chi connectivity index (χ2v) is 6.97. The van der Waals surface area contributed by atoms with E-state index < -0.39 is 12.0 Å². The molecule has 0 aromatic heterocycles. The van der Waals surface area contributed by atoms with Crippen LogP contribution in [0.4, 0.5) is 10.1 Å². The molecule has 1 atom stereocenters. The number of fused-ring (bicyclic) bond motifs is 1. The molecule has 1 amide bonds. The number of halogens is 1. The van der Waals surface area contributed by atoms with Gasteiger partial charge in [0, 0.05) is 24.2 Å². The predicted octanol–water partition coefficient (Wildman–Crippen LogP) is 2.48. The highest BCUT2D eigenvalue weighted by Gasteiger charge is 2.30. The van der Waals surface area contributed by atoms with Crippen molar-refractivity contribution >= 4 is 17.6 Å². The van der Waals surface area contributed by atoms with Crippen LogP contribution in [0.5, 0.6) is 0 Å².